The van der Waals surface area contributed by atoms with E-state index in [1.165, 1.54) is 5.56 Å². The Morgan fingerprint density at radius 2 is 2.08 bits per heavy atom. The van der Waals surface area contributed by atoms with Gasteiger partial charge >= 0.3 is 0 Å². The van der Waals surface area contributed by atoms with Crippen molar-refractivity contribution in [1.29, 1.82) is 0 Å². The van der Waals surface area contributed by atoms with Gasteiger partial charge in [0.25, 0.3) is 0 Å². The van der Waals surface area contributed by atoms with Crippen molar-refractivity contribution in [3.63, 3.8) is 0 Å². The Bertz CT molecular complexity index is 747. The normalized spacial score (nSPS) is 22.2. The minimum Gasteiger partial charge on any atom is -0.497 e. The first kappa shape index (κ1) is 15.4. The predicted molar refractivity (Wildman–Crippen MR) is 93.3 cm³/mol. The van der Waals surface area contributed by atoms with Crippen molar-refractivity contribution in [3.8, 4) is 16.9 Å². The summed E-state index contributed by atoms with van der Waals surface area (Å²) in [7, 11) is 1.64. The zero-order valence-electron chi connectivity index (χ0n) is 14.1. The standard InChI is InChI=1S/C19H22FN3O/c1-12-10-21-11-15-7-14-8-17(13-3-5-16(24-2)6-4-13)18(9-20)22-19(14)23(12)15/h3-6,8,12,15,21H,7,9-11H2,1-2H3/t12-,15-/m1/s1. The molecule has 1 saturated heterocycles. The summed E-state index contributed by atoms with van der Waals surface area (Å²) in [4.78, 5) is 7.08. The molecule has 2 aliphatic heterocycles. The molecule has 1 aromatic carbocycles. The maximum atomic E-state index is 13.7. The van der Waals surface area contributed by atoms with Crippen molar-refractivity contribution in [1.82, 2.24) is 10.3 Å². The van der Waals surface area contributed by atoms with Crippen molar-refractivity contribution >= 4 is 5.82 Å². The van der Waals surface area contributed by atoms with Crippen LogP contribution in [-0.4, -0.2) is 37.3 Å². The molecular weight excluding hydrogens is 305 g/mol. The minimum atomic E-state index is -0.556. The van der Waals surface area contributed by atoms with E-state index in [9.17, 15) is 4.39 Å². The molecule has 126 valence electrons. The molecule has 24 heavy (non-hydrogen) atoms. The molecule has 1 aromatic heterocycles. The number of benzene rings is 1. The monoisotopic (exact) mass is 327 g/mol. The molecule has 0 radical (unpaired) electrons. The van der Waals surface area contributed by atoms with Gasteiger partial charge in [-0.05, 0) is 42.7 Å². The Labute approximate surface area is 141 Å². The van der Waals surface area contributed by atoms with Gasteiger partial charge in [-0.25, -0.2) is 9.37 Å². The van der Waals surface area contributed by atoms with E-state index >= 15 is 0 Å². The molecule has 0 bridgehead atoms. The molecule has 0 unspecified atom stereocenters. The number of hydrogen-bond acceptors (Lipinski definition) is 4. The topological polar surface area (TPSA) is 37.4 Å². The summed E-state index contributed by atoms with van der Waals surface area (Å²) in [5, 5.41) is 3.47. The number of nitrogens with one attached hydrogen (secondary N) is 1. The lowest BCUT2D eigenvalue weighted by Crippen LogP contribution is -2.55. The number of rotatable bonds is 3. The third-order valence-corrected chi connectivity index (χ3v) is 5.07. The van der Waals surface area contributed by atoms with Gasteiger partial charge in [0, 0.05) is 30.7 Å². The molecule has 2 aliphatic rings. The number of alkyl halides is 1. The van der Waals surface area contributed by atoms with Crippen molar-refractivity contribution < 1.29 is 9.13 Å². The third kappa shape index (κ3) is 2.44. The fourth-order valence-electron chi connectivity index (χ4n) is 3.90. The molecule has 0 spiro atoms. The van der Waals surface area contributed by atoms with Gasteiger partial charge in [-0.1, -0.05) is 12.1 Å². The molecule has 4 nitrogen and oxygen atoms in total. The summed E-state index contributed by atoms with van der Waals surface area (Å²) in [5.74, 6) is 1.77. The number of methoxy groups -OCH3 is 1. The second-order valence-electron chi connectivity index (χ2n) is 6.60. The highest BCUT2D eigenvalue weighted by Gasteiger charge is 2.36. The summed E-state index contributed by atoms with van der Waals surface area (Å²) in [6.45, 7) is 3.55. The van der Waals surface area contributed by atoms with Crippen LogP contribution in [0.4, 0.5) is 10.2 Å². The van der Waals surface area contributed by atoms with Crippen molar-refractivity contribution in [3.05, 3.63) is 41.6 Å². The quantitative estimate of drug-likeness (QED) is 0.940. The van der Waals surface area contributed by atoms with Crippen molar-refractivity contribution in [2.75, 3.05) is 25.1 Å². The van der Waals surface area contributed by atoms with Crippen LogP contribution in [0.25, 0.3) is 11.1 Å². The second-order valence-corrected chi connectivity index (χ2v) is 6.60. The molecule has 0 aliphatic carbocycles. The maximum absolute atomic E-state index is 13.7. The van der Waals surface area contributed by atoms with E-state index in [0.29, 0.717) is 17.8 Å². The first-order valence-electron chi connectivity index (χ1n) is 8.43. The Kier molecular flexibility index (Phi) is 3.88. The molecule has 1 N–H and O–H groups in total. The minimum absolute atomic E-state index is 0.386. The highest BCUT2D eigenvalue weighted by molar-refractivity contribution is 5.71. The molecule has 0 amide bonds. The highest BCUT2D eigenvalue weighted by atomic mass is 19.1. The summed E-state index contributed by atoms with van der Waals surface area (Å²) in [6, 6.07) is 10.7. The molecule has 3 heterocycles. The second kappa shape index (κ2) is 6.06. The summed E-state index contributed by atoms with van der Waals surface area (Å²) >= 11 is 0. The number of halogens is 1. The van der Waals surface area contributed by atoms with Crippen LogP contribution in [-0.2, 0) is 13.1 Å². The molecule has 5 heteroatoms. The van der Waals surface area contributed by atoms with Crippen LogP contribution < -0.4 is 15.0 Å². The van der Waals surface area contributed by atoms with E-state index in [4.69, 9.17) is 9.72 Å². The van der Waals surface area contributed by atoms with E-state index in [0.717, 1.165) is 42.2 Å². The number of nitrogens with zero attached hydrogens (tertiary/aromatic N) is 2. The van der Waals surface area contributed by atoms with Gasteiger partial charge in [-0.2, -0.15) is 0 Å². The molecule has 2 atom stereocenters. The van der Waals surface area contributed by atoms with Crippen LogP contribution in [0.5, 0.6) is 5.75 Å². The van der Waals surface area contributed by atoms with Gasteiger partial charge in [-0.15, -0.1) is 0 Å². The Morgan fingerprint density at radius 1 is 1.29 bits per heavy atom. The van der Waals surface area contributed by atoms with Gasteiger partial charge in [-0.3, -0.25) is 0 Å². The summed E-state index contributed by atoms with van der Waals surface area (Å²) < 4.78 is 18.9. The zero-order chi connectivity index (χ0) is 16.7. The fourth-order valence-corrected chi connectivity index (χ4v) is 3.90. The van der Waals surface area contributed by atoms with E-state index in [1.807, 2.05) is 24.3 Å². The molecule has 4 rings (SSSR count). The number of pyridine rings is 1. The van der Waals surface area contributed by atoms with E-state index in [2.05, 4.69) is 23.2 Å². The van der Waals surface area contributed by atoms with Crippen molar-refractivity contribution in [2.45, 2.75) is 32.1 Å². The number of ether oxygens (including phenoxy) is 1. The number of fused-ring (bicyclic) bond motifs is 3. The average Bonchev–Trinajstić information content (AvgIpc) is 2.99. The van der Waals surface area contributed by atoms with Crippen LogP contribution in [0.3, 0.4) is 0 Å². The molecule has 2 aromatic rings. The highest BCUT2D eigenvalue weighted by Crippen LogP contribution is 2.37. The first-order chi connectivity index (χ1) is 11.7. The van der Waals surface area contributed by atoms with E-state index < -0.39 is 6.67 Å². The largest absolute Gasteiger partial charge is 0.497 e. The summed E-state index contributed by atoms with van der Waals surface area (Å²) in [5.41, 5.74) is 3.61. The maximum Gasteiger partial charge on any atom is 0.132 e. The van der Waals surface area contributed by atoms with E-state index in [1.54, 1.807) is 7.11 Å². The van der Waals surface area contributed by atoms with Crippen molar-refractivity contribution in [2.24, 2.45) is 0 Å². The number of anilines is 1. The lowest BCUT2D eigenvalue weighted by atomic mass is 10.0. The first-order valence-corrected chi connectivity index (χ1v) is 8.43. The zero-order valence-corrected chi connectivity index (χ0v) is 14.1. The van der Waals surface area contributed by atoms with Gasteiger partial charge < -0.3 is 15.0 Å². The van der Waals surface area contributed by atoms with Crippen LogP contribution in [0, 0.1) is 0 Å². The van der Waals surface area contributed by atoms with E-state index in [-0.39, 0.29) is 0 Å². The van der Waals surface area contributed by atoms with Crippen LogP contribution >= 0.6 is 0 Å². The molecule has 0 saturated carbocycles. The van der Waals surface area contributed by atoms with Crippen LogP contribution in [0.2, 0.25) is 0 Å². The lowest BCUT2D eigenvalue weighted by molar-refractivity contribution is 0.415. The molecular formula is C19H22FN3O. The number of piperazine rings is 1. The fraction of sp³-hybridized carbons (Fsp3) is 0.421. The number of hydrogen-bond donors (Lipinski definition) is 1. The Hall–Kier alpha value is -2.14. The average molecular weight is 327 g/mol. The molecule has 1 fully saturated rings. The predicted octanol–water partition coefficient (Wildman–Crippen LogP) is 2.95. The Balaban J connectivity index is 1.77. The van der Waals surface area contributed by atoms with Gasteiger partial charge in [0.05, 0.1) is 12.8 Å². The number of aromatic nitrogens is 1. The van der Waals surface area contributed by atoms with Crippen LogP contribution in [0.15, 0.2) is 30.3 Å². The Morgan fingerprint density at radius 3 is 2.79 bits per heavy atom. The lowest BCUT2D eigenvalue weighted by Gasteiger charge is -2.37. The smallest absolute Gasteiger partial charge is 0.132 e. The van der Waals surface area contributed by atoms with Gasteiger partial charge in [0.1, 0.15) is 18.2 Å². The SMILES string of the molecule is COc1ccc(-c2cc3c(nc2CF)N2[C@@H](CNC[C@H]2C)C3)cc1. The summed E-state index contributed by atoms with van der Waals surface area (Å²) in [6.07, 6.45) is 0.968. The van der Waals surface area contributed by atoms with Gasteiger partial charge in [0.2, 0.25) is 0 Å². The van der Waals surface area contributed by atoms with Crippen LogP contribution in [0.1, 0.15) is 18.2 Å². The van der Waals surface area contributed by atoms with Gasteiger partial charge in [0.15, 0.2) is 0 Å². The third-order valence-electron chi connectivity index (χ3n) is 5.07.